The molecule has 1 aliphatic rings. The van der Waals surface area contributed by atoms with Crippen molar-refractivity contribution in [1.29, 1.82) is 0 Å². The van der Waals surface area contributed by atoms with E-state index in [4.69, 9.17) is 4.74 Å². The Morgan fingerprint density at radius 1 is 0.913 bits per heavy atom. The number of benzene rings is 2. The van der Waals surface area contributed by atoms with Crippen molar-refractivity contribution in [3.63, 3.8) is 0 Å². The molecule has 3 rings (SSSR count). The first-order valence-corrected chi connectivity index (χ1v) is 11.2. The molecule has 0 atom stereocenters. The Labute approximate surface area is 138 Å². The van der Waals surface area contributed by atoms with Crippen molar-refractivity contribution in [1.82, 2.24) is 0 Å². The van der Waals surface area contributed by atoms with Crippen molar-refractivity contribution in [2.75, 3.05) is 7.11 Å². The standard InChI is InChI=1S/C20H20O2Si/c1-22-20(13-14-23(2,3)4)17-11-7-5-9-15(17)19(21)16-10-6-8-12-18(16)20/h5-12H,1-4H3. The molecule has 0 heterocycles. The third-order valence-electron chi connectivity index (χ3n) is 4.02. The van der Waals surface area contributed by atoms with Crippen molar-refractivity contribution in [2.24, 2.45) is 0 Å². The minimum absolute atomic E-state index is 0.0404. The van der Waals surface area contributed by atoms with Crippen LogP contribution in [0.4, 0.5) is 0 Å². The molecule has 2 aromatic rings. The molecule has 0 bridgehead atoms. The third kappa shape index (κ3) is 2.54. The second-order valence-electron chi connectivity index (χ2n) is 6.81. The molecular formula is C20H20O2Si. The highest BCUT2D eigenvalue weighted by atomic mass is 28.3. The van der Waals surface area contributed by atoms with Gasteiger partial charge in [0.05, 0.1) is 0 Å². The molecule has 116 valence electrons. The van der Waals surface area contributed by atoms with E-state index in [1.165, 1.54) is 0 Å². The van der Waals surface area contributed by atoms with E-state index in [0.717, 1.165) is 11.1 Å². The number of carbonyl (C=O) groups is 1. The molecule has 0 saturated heterocycles. The molecule has 0 aromatic heterocycles. The monoisotopic (exact) mass is 320 g/mol. The number of hydrogen-bond acceptors (Lipinski definition) is 2. The maximum absolute atomic E-state index is 12.8. The van der Waals surface area contributed by atoms with Gasteiger partial charge in [0.2, 0.25) is 0 Å². The van der Waals surface area contributed by atoms with Crippen LogP contribution >= 0.6 is 0 Å². The second kappa shape index (κ2) is 5.49. The van der Waals surface area contributed by atoms with Gasteiger partial charge in [-0.05, 0) is 0 Å². The SMILES string of the molecule is COC1(C#C[Si](C)(C)C)c2ccccc2C(=O)c2ccccc21. The number of rotatable bonds is 1. The van der Waals surface area contributed by atoms with Gasteiger partial charge in [0.1, 0.15) is 8.07 Å². The summed E-state index contributed by atoms with van der Waals surface area (Å²) in [5, 5.41) is 0. The lowest BCUT2D eigenvalue weighted by Crippen LogP contribution is -2.37. The fraction of sp³-hybridized carbons (Fsp3) is 0.250. The minimum atomic E-state index is -1.59. The average molecular weight is 320 g/mol. The summed E-state index contributed by atoms with van der Waals surface area (Å²) in [6, 6.07) is 15.3. The summed E-state index contributed by atoms with van der Waals surface area (Å²) in [4.78, 5) is 12.8. The first-order valence-electron chi connectivity index (χ1n) is 7.72. The summed E-state index contributed by atoms with van der Waals surface area (Å²) in [7, 11) is 0.0789. The fourth-order valence-electron chi connectivity index (χ4n) is 2.95. The molecule has 2 nitrogen and oxygen atoms in total. The predicted molar refractivity (Wildman–Crippen MR) is 95.2 cm³/mol. The lowest BCUT2D eigenvalue weighted by Gasteiger charge is -2.35. The van der Waals surface area contributed by atoms with Crippen molar-refractivity contribution >= 4 is 13.9 Å². The van der Waals surface area contributed by atoms with Gasteiger partial charge in [-0.25, -0.2) is 0 Å². The predicted octanol–water partition coefficient (Wildman–Crippen LogP) is 4.00. The molecule has 23 heavy (non-hydrogen) atoms. The molecule has 0 amide bonds. The molecular weight excluding hydrogens is 300 g/mol. The summed E-state index contributed by atoms with van der Waals surface area (Å²) in [6.07, 6.45) is 0. The van der Waals surface area contributed by atoms with Crippen LogP contribution in [0.2, 0.25) is 19.6 Å². The van der Waals surface area contributed by atoms with Gasteiger partial charge in [0, 0.05) is 29.4 Å². The Bertz CT molecular complexity index is 785. The van der Waals surface area contributed by atoms with Gasteiger partial charge in [0.25, 0.3) is 0 Å². The molecule has 1 aliphatic carbocycles. The highest BCUT2D eigenvalue weighted by Gasteiger charge is 2.42. The van der Waals surface area contributed by atoms with Gasteiger partial charge >= 0.3 is 0 Å². The molecule has 3 heteroatoms. The molecule has 0 radical (unpaired) electrons. The van der Waals surface area contributed by atoms with Crippen LogP contribution in [0.3, 0.4) is 0 Å². The topological polar surface area (TPSA) is 26.3 Å². The lowest BCUT2D eigenvalue weighted by molar-refractivity contribution is 0.0679. The lowest BCUT2D eigenvalue weighted by atomic mass is 9.74. The Morgan fingerprint density at radius 2 is 1.39 bits per heavy atom. The van der Waals surface area contributed by atoms with Crippen molar-refractivity contribution in [2.45, 2.75) is 25.2 Å². The largest absolute Gasteiger partial charge is 0.357 e. The molecule has 2 aromatic carbocycles. The number of fused-ring (bicyclic) bond motifs is 2. The molecule has 0 fully saturated rings. The Kier molecular flexibility index (Phi) is 3.75. The first kappa shape index (κ1) is 15.7. The zero-order valence-corrected chi connectivity index (χ0v) is 14.9. The quantitative estimate of drug-likeness (QED) is 0.586. The van der Waals surface area contributed by atoms with Crippen LogP contribution in [0.15, 0.2) is 48.5 Å². The maximum Gasteiger partial charge on any atom is 0.193 e. The number of ketones is 1. The van der Waals surface area contributed by atoms with Crippen molar-refractivity contribution in [3.05, 3.63) is 70.8 Å². The summed E-state index contributed by atoms with van der Waals surface area (Å²) < 4.78 is 5.97. The number of hydrogen-bond donors (Lipinski definition) is 0. The third-order valence-corrected chi connectivity index (χ3v) is 4.90. The van der Waals surface area contributed by atoms with E-state index in [1.54, 1.807) is 7.11 Å². The Balaban J connectivity index is 2.37. The smallest absolute Gasteiger partial charge is 0.193 e. The van der Waals surface area contributed by atoms with Crippen LogP contribution in [-0.4, -0.2) is 21.0 Å². The first-order chi connectivity index (χ1) is 10.9. The van der Waals surface area contributed by atoms with E-state index in [9.17, 15) is 4.79 Å². The van der Waals surface area contributed by atoms with Crippen LogP contribution in [0.1, 0.15) is 27.0 Å². The molecule has 0 unspecified atom stereocenters. The average Bonchev–Trinajstić information content (AvgIpc) is 2.55. The summed E-state index contributed by atoms with van der Waals surface area (Å²) in [5.41, 5.74) is 5.60. The van der Waals surface area contributed by atoms with Gasteiger partial charge in [-0.15, -0.1) is 5.54 Å². The van der Waals surface area contributed by atoms with E-state index in [1.807, 2.05) is 48.5 Å². The Morgan fingerprint density at radius 3 is 1.83 bits per heavy atom. The van der Waals surface area contributed by atoms with E-state index >= 15 is 0 Å². The number of carbonyl (C=O) groups excluding carboxylic acids is 1. The second-order valence-corrected chi connectivity index (χ2v) is 11.6. The zero-order chi connectivity index (χ0) is 16.7. The Hall–Kier alpha value is -2.15. The van der Waals surface area contributed by atoms with Crippen LogP contribution in [0.25, 0.3) is 0 Å². The maximum atomic E-state index is 12.8. The highest BCUT2D eigenvalue weighted by molar-refractivity contribution is 6.83. The van der Waals surface area contributed by atoms with Gasteiger partial charge in [-0.1, -0.05) is 74.1 Å². The molecule has 0 saturated carbocycles. The van der Waals surface area contributed by atoms with E-state index in [0.29, 0.717) is 11.1 Å². The van der Waals surface area contributed by atoms with Gasteiger partial charge in [-0.2, -0.15) is 0 Å². The van der Waals surface area contributed by atoms with Gasteiger partial charge in [0.15, 0.2) is 11.4 Å². The fourth-order valence-corrected chi connectivity index (χ4v) is 3.50. The van der Waals surface area contributed by atoms with Gasteiger partial charge < -0.3 is 4.74 Å². The molecule has 0 aliphatic heterocycles. The van der Waals surface area contributed by atoms with Crippen molar-refractivity contribution < 1.29 is 9.53 Å². The highest BCUT2D eigenvalue weighted by Crippen LogP contribution is 2.41. The minimum Gasteiger partial charge on any atom is -0.357 e. The van der Waals surface area contributed by atoms with E-state index < -0.39 is 13.7 Å². The zero-order valence-electron chi connectivity index (χ0n) is 13.9. The van der Waals surface area contributed by atoms with Crippen LogP contribution in [0, 0.1) is 11.5 Å². The molecule has 0 spiro atoms. The normalized spacial score (nSPS) is 15.2. The van der Waals surface area contributed by atoms with Crippen LogP contribution < -0.4 is 0 Å². The van der Waals surface area contributed by atoms with Crippen LogP contribution in [0.5, 0.6) is 0 Å². The summed E-state index contributed by atoms with van der Waals surface area (Å²) in [6.45, 7) is 6.61. The van der Waals surface area contributed by atoms with Gasteiger partial charge in [-0.3, -0.25) is 4.79 Å². The van der Waals surface area contributed by atoms with Crippen LogP contribution in [-0.2, 0) is 10.3 Å². The summed E-state index contributed by atoms with van der Waals surface area (Å²) >= 11 is 0. The summed E-state index contributed by atoms with van der Waals surface area (Å²) in [5.74, 6) is 3.44. The number of methoxy groups -OCH3 is 1. The number of ether oxygens (including phenoxy) is 1. The van der Waals surface area contributed by atoms with E-state index in [2.05, 4.69) is 31.1 Å². The van der Waals surface area contributed by atoms with Crippen molar-refractivity contribution in [3.8, 4) is 11.5 Å². The van der Waals surface area contributed by atoms with E-state index in [-0.39, 0.29) is 5.78 Å². The molecule has 0 N–H and O–H groups in total.